The smallest absolute Gasteiger partial charge is 0.183 e. The van der Waals surface area contributed by atoms with Crippen LogP contribution >= 0.6 is 22.7 Å². The Morgan fingerprint density at radius 2 is 1.67 bits per heavy atom. The molecule has 0 amide bonds. The number of thiazole rings is 2. The molecule has 2 heterocycles. The summed E-state index contributed by atoms with van der Waals surface area (Å²) < 4.78 is 0. The van der Waals surface area contributed by atoms with E-state index in [0.29, 0.717) is 0 Å². The summed E-state index contributed by atoms with van der Waals surface area (Å²) in [6.07, 6.45) is 4.78. The van der Waals surface area contributed by atoms with Gasteiger partial charge < -0.3 is 10.6 Å². The topological polar surface area (TPSA) is 49.8 Å². The first-order valence-electron chi connectivity index (χ1n) is 6.68. The van der Waals surface area contributed by atoms with Gasteiger partial charge in [0.1, 0.15) is 0 Å². The molecule has 0 saturated carbocycles. The Bertz CT molecular complexity index is 691. The van der Waals surface area contributed by atoms with Crippen molar-refractivity contribution in [2.45, 2.75) is 13.0 Å². The van der Waals surface area contributed by atoms with Crippen LogP contribution in [0.25, 0.3) is 0 Å². The third kappa shape index (κ3) is 3.80. The normalized spacial score (nSPS) is 10.5. The maximum Gasteiger partial charge on any atom is 0.183 e. The summed E-state index contributed by atoms with van der Waals surface area (Å²) in [6.45, 7) is 0.762. The molecule has 0 unspecified atom stereocenters. The van der Waals surface area contributed by atoms with Gasteiger partial charge in [0, 0.05) is 35.6 Å². The van der Waals surface area contributed by atoms with E-state index < -0.39 is 0 Å². The van der Waals surface area contributed by atoms with Crippen molar-refractivity contribution in [1.82, 2.24) is 9.97 Å². The van der Waals surface area contributed by atoms with Crippen LogP contribution < -0.4 is 10.6 Å². The molecular weight excluding hydrogens is 300 g/mol. The summed E-state index contributed by atoms with van der Waals surface area (Å²) in [5.41, 5.74) is 1.31. The molecule has 0 spiro atoms. The molecule has 3 aromatic rings. The fourth-order valence-electron chi connectivity index (χ4n) is 1.94. The van der Waals surface area contributed by atoms with E-state index in [1.807, 2.05) is 25.5 Å². The Hall–Kier alpha value is -1.92. The van der Waals surface area contributed by atoms with Gasteiger partial charge in [-0.15, -0.1) is 22.7 Å². The Morgan fingerprint density at radius 1 is 0.952 bits per heavy atom. The van der Waals surface area contributed by atoms with E-state index in [-0.39, 0.29) is 0 Å². The average molecular weight is 316 g/mol. The van der Waals surface area contributed by atoms with Crippen LogP contribution in [0.15, 0.2) is 42.7 Å². The highest BCUT2D eigenvalue weighted by Gasteiger charge is 2.04. The molecule has 0 fully saturated rings. The lowest BCUT2D eigenvalue weighted by atomic mass is 10.1. The number of anilines is 2. The van der Waals surface area contributed by atoms with E-state index in [0.717, 1.165) is 23.2 Å². The molecule has 2 aromatic heterocycles. The first kappa shape index (κ1) is 14.0. The molecule has 1 aromatic carbocycles. The van der Waals surface area contributed by atoms with Crippen LogP contribution in [0.3, 0.4) is 0 Å². The van der Waals surface area contributed by atoms with Gasteiger partial charge >= 0.3 is 0 Å². The highest BCUT2D eigenvalue weighted by atomic mass is 32.1. The molecule has 0 radical (unpaired) electrons. The van der Waals surface area contributed by atoms with Gasteiger partial charge in [0.25, 0.3) is 0 Å². The second-order valence-electron chi connectivity index (χ2n) is 4.53. The molecule has 6 heteroatoms. The minimum atomic E-state index is 0.762. The summed E-state index contributed by atoms with van der Waals surface area (Å²) in [5.74, 6) is 0. The standard InChI is InChI=1S/C15H16N4S2/c1-16-14-17-9-13(21-14)10-19-15-18-8-12(20-15)7-11-5-3-2-4-6-11/h2-6,8-9H,7,10H2,1H3,(H,16,17)(H,18,19). The molecule has 4 nitrogen and oxygen atoms in total. The number of benzene rings is 1. The van der Waals surface area contributed by atoms with Gasteiger partial charge in [-0.05, 0) is 5.56 Å². The maximum absolute atomic E-state index is 4.43. The van der Waals surface area contributed by atoms with Crippen LogP contribution in [0, 0.1) is 0 Å². The monoisotopic (exact) mass is 316 g/mol. The number of aromatic nitrogens is 2. The fraction of sp³-hybridized carbons (Fsp3) is 0.200. The molecule has 21 heavy (non-hydrogen) atoms. The quantitative estimate of drug-likeness (QED) is 0.725. The third-order valence-corrected chi connectivity index (χ3v) is 4.93. The molecule has 2 N–H and O–H groups in total. The summed E-state index contributed by atoms with van der Waals surface area (Å²) >= 11 is 3.36. The van der Waals surface area contributed by atoms with Crippen molar-refractivity contribution in [3.8, 4) is 0 Å². The second-order valence-corrected chi connectivity index (χ2v) is 6.76. The molecule has 3 rings (SSSR count). The third-order valence-electron chi connectivity index (χ3n) is 2.96. The molecule has 108 valence electrons. The van der Waals surface area contributed by atoms with Gasteiger partial charge in [-0.1, -0.05) is 30.3 Å². The van der Waals surface area contributed by atoms with Crippen molar-refractivity contribution in [2.24, 2.45) is 0 Å². The lowest BCUT2D eigenvalue weighted by Gasteiger charge is -1.99. The number of hydrogen-bond acceptors (Lipinski definition) is 6. The van der Waals surface area contributed by atoms with E-state index in [2.05, 4.69) is 44.9 Å². The molecule has 0 atom stereocenters. The largest absolute Gasteiger partial charge is 0.365 e. The van der Waals surface area contributed by atoms with Gasteiger partial charge in [-0.2, -0.15) is 0 Å². The van der Waals surface area contributed by atoms with E-state index in [4.69, 9.17) is 0 Å². The van der Waals surface area contributed by atoms with Crippen molar-refractivity contribution in [3.63, 3.8) is 0 Å². The van der Waals surface area contributed by atoms with Crippen molar-refractivity contribution in [2.75, 3.05) is 17.7 Å². The second kappa shape index (κ2) is 6.69. The first-order chi connectivity index (χ1) is 10.3. The van der Waals surface area contributed by atoms with Crippen LogP contribution in [-0.4, -0.2) is 17.0 Å². The summed E-state index contributed by atoms with van der Waals surface area (Å²) in [4.78, 5) is 11.1. The summed E-state index contributed by atoms with van der Waals surface area (Å²) in [7, 11) is 1.88. The van der Waals surface area contributed by atoms with Gasteiger partial charge in [0.15, 0.2) is 10.3 Å². The number of nitrogens with zero attached hydrogens (tertiary/aromatic N) is 2. The molecule has 0 aliphatic rings. The minimum Gasteiger partial charge on any atom is -0.365 e. The Balaban J connectivity index is 1.57. The van der Waals surface area contributed by atoms with Gasteiger partial charge in [0.2, 0.25) is 0 Å². The predicted octanol–water partition coefficient (Wildman–Crippen LogP) is 3.84. The number of hydrogen-bond donors (Lipinski definition) is 2. The van der Waals surface area contributed by atoms with E-state index in [1.165, 1.54) is 15.3 Å². The zero-order valence-corrected chi connectivity index (χ0v) is 13.3. The van der Waals surface area contributed by atoms with E-state index in [1.54, 1.807) is 22.7 Å². The van der Waals surface area contributed by atoms with Crippen molar-refractivity contribution in [3.05, 3.63) is 58.0 Å². The predicted molar refractivity (Wildman–Crippen MR) is 90.3 cm³/mol. The summed E-state index contributed by atoms with van der Waals surface area (Å²) in [6, 6.07) is 10.5. The van der Waals surface area contributed by atoms with Gasteiger partial charge in [-0.3, -0.25) is 0 Å². The van der Waals surface area contributed by atoms with Crippen molar-refractivity contribution < 1.29 is 0 Å². The van der Waals surface area contributed by atoms with Crippen molar-refractivity contribution in [1.29, 1.82) is 0 Å². The first-order valence-corrected chi connectivity index (χ1v) is 8.32. The van der Waals surface area contributed by atoms with Crippen molar-refractivity contribution >= 4 is 32.9 Å². The maximum atomic E-state index is 4.43. The van der Waals surface area contributed by atoms with Crippen LogP contribution in [0.1, 0.15) is 15.3 Å². The van der Waals surface area contributed by atoms with Crippen LogP contribution in [0.2, 0.25) is 0 Å². The van der Waals surface area contributed by atoms with Crippen LogP contribution in [0.4, 0.5) is 10.3 Å². The molecule has 0 bridgehead atoms. The Morgan fingerprint density at radius 3 is 2.43 bits per heavy atom. The zero-order valence-electron chi connectivity index (χ0n) is 11.7. The average Bonchev–Trinajstić information content (AvgIpc) is 3.15. The molecular formula is C15H16N4S2. The Labute approximate surface area is 131 Å². The lowest BCUT2D eigenvalue weighted by molar-refractivity contribution is 1.15. The lowest BCUT2D eigenvalue weighted by Crippen LogP contribution is -1.95. The molecule has 0 saturated heterocycles. The zero-order chi connectivity index (χ0) is 14.5. The SMILES string of the molecule is CNc1ncc(CNc2ncc(Cc3ccccc3)s2)s1. The Kier molecular flexibility index (Phi) is 4.47. The number of nitrogens with one attached hydrogen (secondary N) is 2. The highest BCUT2D eigenvalue weighted by Crippen LogP contribution is 2.23. The molecule has 0 aliphatic heterocycles. The van der Waals surface area contributed by atoms with Gasteiger partial charge in [0.05, 0.1) is 6.54 Å². The van der Waals surface area contributed by atoms with E-state index >= 15 is 0 Å². The fourth-order valence-corrected chi connectivity index (χ4v) is 3.48. The molecule has 0 aliphatic carbocycles. The summed E-state index contributed by atoms with van der Waals surface area (Å²) in [5, 5.41) is 8.30. The van der Waals surface area contributed by atoms with Crippen LogP contribution in [0.5, 0.6) is 0 Å². The number of rotatable bonds is 6. The van der Waals surface area contributed by atoms with Gasteiger partial charge in [-0.25, -0.2) is 9.97 Å². The van der Waals surface area contributed by atoms with Crippen LogP contribution in [-0.2, 0) is 13.0 Å². The minimum absolute atomic E-state index is 0.762. The van der Waals surface area contributed by atoms with E-state index in [9.17, 15) is 0 Å². The highest BCUT2D eigenvalue weighted by molar-refractivity contribution is 7.16.